The van der Waals surface area contributed by atoms with Crippen LogP contribution in [0.4, 0.5) is 15.8 Å². The summed E-state index contributed by atoms with van der Waals surface area (Å²) in [6.07, 6.45) is 2.62. The summed E-state index contributed by atoms with van der Waals surface area (Å²) >= 11 is 0. The minimum atomic E-state index is -0.348. The maximum absolute atomic E-state index is 14.1. The zero-order valence-electron chi connectivity index (χ0n) is 11.6. The molecular formula is C15H20FN3. The molecule has 3 nitrogen and oxygen atoms in total. The Bertz CT molecular complexity index is 581. The molecule has 0 saturated carbocycles. The van der Waals surface area contributed by atoms with Crippen LogP contribution in [0.15, 0.2) is 24.4 Å². The molecule has 0 saturated heterocycles. The van der Waals surface area contributed by atoms with Gasteiger partial charge in [0.1, 0.15) is 0 Å². The van der Waals surface area contributed by atoms with E-state index in [1.54, 1.807) is 12.3 Å². The van der Waals surface area contributed by atoms with Gasteiger partial charge in [0.25, 0.3) is 0 Å². The fourth-order valence-corrected chi connectivity index (χ4v) is 2.39. The molecule has 1 heterocycles. The highest BCUT2D eigenvalue weighted by atomic mass is 19.1. The number of rotatable bonds is 4. The number of hydrogen-bond donors (Lipinski definition) is 2. The molecule has 2 rings (SSSR count). The Hall–Kier alpha value is -1.84. The summed E-state index contributed by atoms with van der Waals surface area (Å²) < 4.78 is 14.1. The molecule has 0 aliphatic heterocycles. The first kappa shape index (κ1) is 13.6. The second-order valence-electron chi connectivity index (χ2n) is 5.40. The Morgan fingerprint density at radius 2 is 2.11 bits per heavy atom. The maximum Gasteiger partial charge on any atom is 0.150 e. The van der Waals surface area contributed by atoms with Crippen molar-refractivity contribution >= 4 is 22.3 Å². The highest BCUT2D eigenvalue weighted by Gasteiger charge is 2.14. The van der Waals surface area contributed by atoms with Crippen LogP contribution in [0.3, 0.4) is 0 Å². The number of nitrogens with one attached hydrogen (secondary N) is 1. The number of anilines is 2. The summed E-state index contributed by atoms with van der Waals surface area (Å²) in [6.45, 7) is 6.34. The van der Waals surface area contributed by atoms with E-state index in [1.807, 2.05) is 13.0 Å². The summed E-state index contributed by atoms with van der Waals surface area (Å²) in [5.41, 5.74) is 7.28. The van der Waals surface area contributed by atoms with Crippen LogP contribution in [-0.4, -0.2) is 11.0 Å². The summed E-state index contributed by atoms with van der Waals surface area (Å²) in [4.78, 5) is 4.25. The zero-order valence-corrected chi connectivity index (χ0v) is 11.6. The van der Waals surface area contributed by atoms with E-state index >= 15 is 0 Å². The molecule has 19 heavy (non-hydrogen) atoms. The first-order valence-electron chi connectivity index (χ1n) is 6.58. The van der Waals surface area contributed by atoms with Crippen molar-refractivity contribution in [3.63, 3.8) is 0 Å². The number of pyridine rings is 1. The largest absolute Gasteiger partial charge is 0.398 e. The second kappa shape index (κ2) is 5.43. The lowest BCUT2D eigenvalue weighted by molar-refractivity contribution is 0.536. The third-order valence-electron chi connectivity index (χ3n) is 3.09. The molecule has 1 unspecified atom stereocenters. The Balaban J connectivity index is 2.42. The van der Waals surface area contributed by atoms with Crippen LogP contribution in [-0.2, 0) is 0 Å². The molecule has 0 fully saturated rings. The van der Waals surface area contributed by atoms with Crippen molar-refractivity contribution in [3.8, 4) is 0 Å². The summed E-state index contributed by atoms with van der Waals surface area (Å²) in [6, 6.07) is 5.20. The van der Waals surface area contributed by atoms with Gasteiger partial charge in [0.2, 0.25) is 0 Å². The van der Waals surface area contributed by atoms with E-state index in [0.29, 0.717) is 22.8 Å². The number of aromatic nitrogens is 1. The van der Waals surface area contributed by atoms with Gasteiger partial charge in [0.15, 0.2) is 5.82 Å². The van der Waals surface area contributed by atoms with Crippen molar-refractivity contribution < 1.29 is 4.39 Å². The Kier molecular flexibility index (Phi) is 3.88. The number of nitrogen functional groups attached to an aromatic ring is 1. The van der Waals surface area contributed by atoms with Crippen LogP contribution in [0.2, 0.25) is 0 Å². The predicted octanol–water partition coefficient (Wildman–Crippen LogP) is 3.80. The fourth-order valence-electron chi connectivity index (χ4n) is 2.39. The lowest BCUT2D eigenvalue weighted by Crippen LogP contribution is -2.18. The quantitative estimate of drug-likeness (QED) is 0.823. The lowest BCUT2D eigenvalue weighted by atomic mass is 10.0. The van der Waals surface area contributed by atoms with Gasteiger partial charge < -0.3 is 11.1 Å². The Morgan fingerprint density at radius 3 is 2.79 bits per heavy atom. The van der Waals surface area contributed by atoms with Crippen LogP contribution in [0, 0.1) is 11.7 Å². The van der Waals surface area contributed by atoms with Crippen LogP contribution < -0.4 is 11.1 Å². The van der Waals surface area contributed by atoms with Gasteiger partial charge in [-0.2, -0.15) is 0 Å². The summed E-state index contributed by atoms with van der Waals surface area (Å²) in [5, 5.41) is 4.00. The SMILES string of the molecule is CC(C)CC(C)Nc1c(F)cc(N)c2cccnc12. The second-order valence-corrected chi connectivity index (χ2v) is 5.40. The van der Waals surface area contributed by atoms with Gasteiger partial charge in [-0.1, -0.05) is 13.8 Å². The summed E-state index contributed by atoms with van der Waals surface area (Å²) in [7, 11) is 0. The number of nitrogens with two attached hydrogens (primary N) is 1. The molecule has 0 radical (unpaired) electrons. The highest BCUT2D eigenvalue weighted by molar-refractivity contribution is 5.98. The molecule has 0 aliphatic carbocycles. The summed E-state index contributed by atoms with van der Waals surface area (Å²) in [5.74, 6) is 0.206. The van der Waals surface area contributed by atoms with Gasteiger partial charge in [0.05, 0.1) is 11.2 Å². The first-order valence-corrected chi connectivity index (χ1v) is 6.58. The molecule has 2 aromatic rings. The van der Waals surface area contributed by atoms with Crippen molar-refractivity contribution in [1.82, 2.24) is 4.98 Å². The number of halogens is 1. The Morgan fingerprint density at radius 1 is 1.37 bits per heavy atom. The van der Waals surface area contributed by atoms with Crippen molar-refractivity contribution in [2.45, 2.75) is 33.2 Å². The number of benzene rings is 1. The monoisotopic (exact) mass is 261 g/mol. The molecular weight excluding hydrogens is 241 g/mol. The minimum Gasteiger partial charge on any atom is -0.398 e. The third-order valence-corrected chi connectivity index (χ3v) is 3.09. The molecule has 3 N–H and O–H groups in total. The van der Waals surface area contributed by atoms with Crippen molar-refractivity contribution in [2.24, 2.45) is 5.92 Å². The lowest BCUT2D eigenvalue weighted by Gasteiger charge is -2.19. The van der Waals surface area contributed by atoms with Crippen LogP contribution >= 0.6 is 0 Å². The zero-order chi connectivity index (χ0) is 14.0. The van der Waals surface area contributed by atoms with Gasteiger partial charge in [-0.15, -0.1) is 0 Å². The van der Waals surface area contributed by atoms with Crippen molar-refractivity contribution in [1.29, 1.82) is 0 Å². The average molecular weight is 261 g/mol. The van der Waals surface area contributed by atoms with Gasteiger partial charge in [-0.05, 0) is 37.5 Å². The van der Waals surface area contributed by atoms with Crippen molar-refractivity contribution in [3.05, 3.63) is 30.2 Å². The minimum absolute atomic E-state index is 0.184. The molecule has 4 heteroatoms. The van der Waals surface area contributed by atoms with E-state index in [-0.39, 0.29) is 11.9 Å². The highest BCUT2D eigenvalue weighted by Crippen LogP contribution is 2.30. The smallest absolute Gasteiger partial charge is 0.150 e. The number of nitrogens with zero attached hydrogens (tertiary/aromatic N) is 1. The van der Waals surface area contributed by atoms with Crippen LogP contribution in [0.25, 0.3) is 10.9 Å². The van der Waals surface area contributed by atoms with Gasteiger partial charge in [0, 0.05) is 23.3 Å². The van der Waals surface area contributed by atoms with E-state index in [4.69, 9.17) is 5.73 Å². The normalized spacial score (nSPS) is 12.9. The molecule has 0 bridgehead atoms. The standard InChI is InChI=1S/C15H20FN3/c1-9(2)7-10(3)19-15-12(16)8-13(17)11-5-4-6-18-14(11)15/h4-6,8-10,19H,7,17H2,1-3H3. The van der Waals surface area contributed by atoms with Gasteiger partial charge >= 0.3 is 0 Å². The molecule has 102 valence electrons. The van der Waals surface area contributed by atoms with Gasteiger partial charge in [-0.3, -0.25) is 4.98 Å². The van der Waals surface area contributed by atoms with Crippen LogP contribution in [0.5, 0.6) is 0 Å². The Labute approximate surface area is 113 Å². The van der Waals surface area contributed by atoms with E-state index in [0.717, 1.165) is 11.8 Å². The van der Waals surface area contributed by atoms with Gasteiger partial charge in [-0.25, -0.2) is 4.39 Å². The third kappa shape index (κ3) is 2.95. The van der Waals surface area contributed by atoms with Crippen molar-refractivity contribution in [2.75, 3.05) is 11.1 Å². The maximum atomic E-state index is 14.1. The first-order chi connectivity index (χ1) is 8.99. The molecule has 0 spiro atoms. The van der Waals surface area contributed by atoms with E-state index < -0.39 is 0 Å². The number of hydrogen-bond acceptors (Lipinski definition) is 3. The molecule has 0 amide bonds. The molecule has 1 atom stereocenters. The van der Waals surface area contributed by atoms with E-state index in [2.05, 4.69) is 24.1 Å². The topological polar surface area (TPSA) is 50.9 Å². The average Bonchev–Trinajstić information content (AvgIpc) is 2.33. The number of fused-ring (bicyclic) bond motifs is 1. The van der Waals surface area contributed by atoms with E-state index in [9.17, 15) is 4.39 Å². The molecule has 0 aliphatic rings. The molecule has 1 aromatic heterocycles. The fraction of sp³-hybridized carbons (Fsp3) is 0.400. The predicted molar refractivity (Wildman–Crippen MR) is 78.7 cm³/mol. The molecule has 1 aromatic carbocycles. The van der Waals surface area contributed by atoms with Crippen LogP contribution in [0.1, 0.15) is 27.2 Å². The van der Waals surface area contributed by atoms with E-state index in [1.165, 1.54) is 6.07 Å².